The van der Waals surface area contributed by atoms with Crippen LogP contribution in [-0.4, -0.2) is 55.1 Å². The smallest absolute Gasteiger partial charge is 0.322 e. The van der Waals surface area contributed by atoms with Gasteiger partial charge in [-0.25, -0.2) is 13.1 Å². The van der Waals surface area contributed by atoms with Gasteiger partial charge in [-0.3, -0.25) is 9.59 Å². The van der Waals surface area contributed by atoms with E-state index in [0.29, 0.717) is 13.0 Å². The van der Waals surface area contributed by atoms with Crippen molar-refractivity contribution in [2.75, 3.05) is 12.4 Å². The minimum Gasteiger partial charge on any atom is -0.481 e. The van der Waals surface area contributed by atoms with Crippen molar-refractivity contribution in [1.82, 2.24) is 4.72 Å². The zero-order chi connectivity index (χ0) is 13.8. The fraction of sp³-hybridized carbons (Fsp3) is 0.778. The fourth-order valence-electron chi connectivity index (χ4n) is 1.64. The van der Waals surface area contributed by atoms with Gasteiger partial charge in [0.2, 0.25) is 10.0 Å². The molecule has 1 rings (SSSR count). The molecule has 0 spiro atoms. The summed E-state index contributed by atoms with van der Waals surface area (Å²) in [5.41, 5.74) is 0. The Morgan fingerprint density at radius 2 is 2.06 bits per heavy atom. The molecule has 0 aromatic carbocycles. The minimum atomic E-state index is -3.87. The van der Waals surface area contributed by atoms with Gasteiger partial charge in [-0.1, -0.05) is 0 Å². The van der Waals surface area contributed by atoms with Gasteiger partial charge >= 0.3 is 11.9 Å². The first-order valence-electron chi connectivity index (χ1n) is 5.36. The molecule has 0 aromatic rings. The number of hydrogen-bond donors (Lipinski definition) is 3. The zero-order valence-corrected chi connectivity index (χ0v) is 10.4. The van der Waals surface area contributed by atoms with Gasteiger partial charge in [0.25, 0.3) is 0 Å². The Morgan fingerprint density at radius 3 is 2.50 bits per heavy atom. The van der Waals surface area contributed by atoms with Gasteiger partial charge in [0.1, 0.15) is 6.04 Å². The number of sulfonamides is 1. The normalized spacial score (nSPS) is 21.7. The second-order valence-corrected chi connectivity index (χ2v) is 5.82. The molecule has 2 atom stereocenters. The van der Waals surface area contributed by atoms with Crippen LogP contribution in [0.15, 0.2) is 0 Å². The van der Waals surface area contributed by atoms with Crippen molar-refractivity contribution in [2.45, 2.75) is 31.4 Å². The summed E-state index contributed by atoms with van der Waals surface area (Å²) in [7, 11) is -3.87. The summed E-state index contributed by atoms with van der Waals surface area (Å²) in [4.78, 5) is 21.2. The Kier molecular flexibility index (Phi) is 5.05. The molecule has 1 fully saturated rings. The monoisotopic (exact) mass is 281 g/mol. The third-order valence-corrected chi connectivity index (χ3v) is 3.88. The zero-order valence-electron chi connectivity index (χ0n) is 9.53. The van der Waals surface area contributed by atoms with Crippen LogP contribution in [-0.2, 0) is 24.3 Å². The van der Waals surface area contributed by atoms with Gasteiger partial charge in [0, 0.05) is 6.61 Å². The van der Waals surface area contributed by atoms with Crippen molar-refractivity contribution in [2.24, 2.45) is 0 Å². The number of nitrogens with one attached hydrogen (secondary N) is 1. The lowest BCUT2D eigenvalue weighted by molar-refractivity contribution is -0.145. The summed E-state index contributed by atoms with van der Waals surface area (Å²) < 4.78 is 30.3. The van der Waals surface area contributed by atoms with Crippen LogP contribution in [0.2, 0.25) is 0 Å². The summed E-state index contributed by atoms with van der Waals surface area (Å²) in [6, 6.07) is -1.66. The van der Waals surface area contributed by atoms with Crippen LogP contribution in [0.4, 0.5) is 0 Å². The van der Waals surface area contributed by atoms with Gasteiger partial charge in [-0.15, -0.1) is 0 Å². The highest BCUT2D eigenvalue weighted by Crippen LogP contribution is 2.13. The molecule has 1 unspecified atom stereocenters. The van der Waals surface area contributed by atoms with E-state index in [1.807, 2.05) is 4.72 Å². The Bertz CT molecular complexity index is 413. The average Bonchev–Trinajstić information content (AvgIpc) is 2.67. The quantitative estimate of drug-likeness (QED) is 0.546. The van der Waals surface area contributed by atoms with Crippen LogP contribution in [0.5, 0.6) is 0 Å². The van der Waals surface area contributed by atoms with Gasteiger partial charge in [0.15, 0.2) is 0 Å². The molecule has 0 radical (unpaired) electrons. The number of hydrogen-bond acceptors (Lipinski definition) is 5. The number of carboxylic acids is 2. The van der Waals surface area contributed by atoms with E-state index in [2.05, 4.69) is 0 Å². The van der Waals surface area contributed by atoms with Crippen molar-refractivity contribution in [3.63, 3.8) is 0 Å². The first kappa shape index (κ1) is 14.9. The summed E-state index contributed by atoms with van der Waals surface area (Å²) >= 11 is 0. The summed E-state index contributed by atoms with van der Waals surface area (Å²) in [6.45, 7) is 0.484. The predicted octanol–water partition coefficient (Wildman–Crippen LogP) is -0.987. The molecule has 0 amide bonds. The van der Waals surface area contributed by atoms with E-state index in [9.17, 15) is 18.0 Å². The Morgan fingerprint density at radius 1 is 1.39 bits per heavy atom. The Hall–Kier alpha value is -1.19. The van der Waals surface area contributed by atoms with E-state index < -0.39 is 40.5 Å². The van der Waals surface area contributed by atoms with E-state index in [-0.39, 0.29) is 5.75 Å². The van der Waals surface area contributed by atoms with Crippen molar-refractivity contribution in [3.8, 4) is 0 Å². The molecule has 1 heterocycles. The van der Waals surface area contributed by atoms with E-state index in [1.54, 1.807) is 0 Å². The van der Waals surface area contributed by atoms with Crippen molar-refractivity contribution in [1.29, 1.82) is 0 Å². The van der Waals surface area contributed by atoms with E-state index >= 15 is 0 Å². The largest absolute Gasteiger partial charge is 0.481 e. The van der Waals surface area contributed by atoms with Crippen LogP contribution in [0.25, 0.3) is 0 Å². The molecule has 104 valence electrons. The minimum absolute atomic E-state index is 0.351. The maximum absolute atomic E-state index is 11.6. The second-order valence-electron chi connectivity index (χ2n) is 4.02. The molecule has 0 bridgehead atoms. The van der Waals surface area contributed by atoms with Crippen molar-refractivity contribution in [3.05, 3.63) is 0 Å². The number of carbonyl (C=O) groups is 2. The molecule has 0 aromatic heterocycles. The molecule has 1 saturated heterocycles. The average molecular weight is 281 g/mol. The van der Waals surface area contributed by atoms with Crippen LogP contribution in [0, 0.1) is 0 Å². The summed E-state index contributed by atoms with van der Waals surface area (Å²) in [6.07, 6.45) is 0.0942. The van der Waals surface area contributed by atoms with Crippen LogP contribution >= 0.6 is 0 Å². The number of aliphatic carboxylic acids is 2. The lowest BCUT2D eigenvalue weighted by atomic mass is 10.2. The highest BCUT2D eigenvalue weighted by Gasteiger charge is 2.29. The van der Waals surface area contributed by atoms with Crippen molar-refractivity contribution >= 4 is 22.0 Å². The SMILES string of the molecule is O=C(O)C[C@H](NS(=O)(=O)CC1CCCO1)C(=O)O. The Labute approximate surface area is 104 Å². The Balaban J connectivity index is 2.60. The predicted molar refractivity (Wildman–Crippen MR) is 59.6 cm³/mol. The molecule has 9 heteroatoms. The molecular weight excluding hydrogens is 266 g/mol. The molecule has 1 aliphatic rings. The van der Waals surface area contributed by atoms with E-state index in [4.69, 9.17) is 14.9 Å². The number of rotatable bonds is 7. The van der Waals surface area contributed by atoms with Crippen LogP contribution in [0.1, 0.15) is 19.3 Å². The second kappa shape index (κ2) is 6.12. The third kappa shape index (κ3) is 4.98. The van der Waals surface area contributed by atoms with Gasteiger partial charge in [-0.2, -0.15) is 0 Å². The number of carboxylic acid groups (broad SMARTS) is 2. The molecule has 8 nitrogen and oxygen atoms in total. The highest BCUT2D eigenvalue weighted by molar-refractivity contribution is 7.89. The topological polar surface area (TPSA) is 130 Å². The molecule has 1 aliphatic heterocycles. The summed E-state index contributed by atoms with van der Waals surface area (Å²) in [5.74, 6) is -3.26. The van der Waals surface area contributed by atoms with Crippen LogP contribution in [0.3, 0.4) is 0 Å². The molecular formula is C9H15NO7S. The maximum Gasteiger partial charge on any atom is 0.322 e. The van der Waals surface area contributed by atoms with Crippen molar-refractivity contribution < 1.29 is 33.0 Å². The third-order valence-electron chi connectivity index (χ3n) is 2.43. The van der Waals surface area contributed by atoms with Gasteiger partial charge in [-0.05, 0) is 12.8 Å². The van der Waals surface area contributed by atoms with E-state index in [1.165, 1.54) is 0 Å². The lowest BCUT2D eigenvalue weighted by Gasteiger charge is -2.15. The molecule has 3 N–H and O–H groups in total. The summed E-state index contributed by atoms with van der Waals surface area (Å²) in [5, 5.41) is 17.2. The van der Waals surface area contributed by atoms with Gasteiger partial charge < -0.3 is 14.9 Å². The first-order valence-corrected chi connectivity index (χ1v) is 7.01. The fourth-order valence-corrected chi connectivity index (χ4v) is 3.11. The van der Waals surface area contributed by atoms with E-state index in [0.717, 1.165) is 6.42 Å². The highest BCUT2D eigenvalue weighted by atomic mass is 32.2. The van der Waals surface area contributed by atoms with Crippen LogP contribution < -0.4 is 4.72 Å². The standard InChI is InChI=1S/C9H15NO7S/c11-8(12)4-7(9(13)14)10-18(15,16)5-6-2-1-3-17-6/h6-7,10H,1-5H2,(H,11,12)(H,13,14)/t6?,7-/m0/s1. The molecule has 0 saturated carbocycles. The van der Waals surface area contributed by atoms with Gasteiger partial charge in [0.05, 0.1) is 18.3 Å². The lowest BCUT2D eigenvalue weighted by Crippen LogP contribution is -2.44. The number of ether oxygens (including phenoxy) is 1. The molecule has 18 heavy (non-hydrogen) atoms. The molecule has 0 aliphatic carbocycles. The first-order chi connectivity index (χ1) is 8.30. The maximum atomic E-state index is 11.6.